The van der Waals surface area contributed by atoms with E-state index < -0.39 is 0 Å². The van der Waals surface area contributed by atoms with Gasteiger partial charge in [-0.15, -0.1) is 0 Å². The molecular weight excluding hydrogens is 396 g/mol. The number of aromatic nitrogens is 2. The Hall–Kier alpha value is -3.27. The van der Waals surface area contributed by atoms with Crippen molar-refractivity contribution in [1.82, 2.24) is 9.97 Å². The van der Waals surface area contributed by atoms with Crippen molar-refractivity contribution in [2.24, 2.45) is 5.92 Å². The normalized spacial score (nSPS) is 15.2. The van der Waals surface area contributed by atoms with Gasteiger partial charge in [0, 0.05) is 41.1 Å². The number of benzene rings is 2. The minimum absolute atomic E-state index is 0.375. The van der Waals surface area contributed by atoms with E-state index in [-0.39, 0.29) is 0 Å². The summed E-state index contributed by atoms with van der Waals surface area (Å²) < 4.78 is 5.93. The summed E-state index contributed by atoms with van der Waals surface area (Å²) in [5, 5.41) is 2.18. The standard InChI is InChI=1S/C28H26N2O2/c1-17-16-24-22(7-6-20(30-24)5-4-18-2-3-18)27(21(17)11-14-31)23-8-9-25-26-19(12-15-32-25)10-13-29-28(23)26/h6-10,13-14,16,18H,2-5,11-12,15H2,1H3. The van der Waals surface area contributed by atoms with Gasteiger partial charge in [0.15, 0.2) is 0 Å². The Kier molecular flexibility index (Phi) is 4.67. The van der Waals surface area contributed by atoms with Crippen LogP contribution in [0.3, 0.4) is 0 Å². The van der Waals surface area contributed by atoms with Gasteiger partial charge in [0.2, 0.25) is 0 Å². The zero-order valence-corrected chi connectivity index (χ0v) is 18.4. The molecule has 0 N–H and O–H groups in total. The van der Waals surface area contributed by atoms with E-state index >= 15 is 0 Å². The molecule has 2 aromatic carbocycles. The van der Waals surface area contributed by atoms with Gasteiger partial charge in [-0.25, -0.2) is 0 Å². The van der Waals surface area contributed by atoms with Gasteiger partial charge in [-0.1, -0.05) is 18.9 Å². The van der Waals surface area contributed by atoms with Crippen LogP contribution in [0.5, 0.6) is 5.75 Å². The highest BCUT2D eigenvalue weighted by Gasteiger charge is 2.23. The first-order chi connectivity index (χ1) is 15.7. The molecule has 0 unspecified atom stereocenters. The molecule has 160 valence electrons. The zero-order valence-electron chi connectivity index (χ0n) is 18.4. The minimum Gasteiger partial charge on any atom is -0.493 e. The monoisotopic (exact) mass is 422 g/mol. The van der Waals surface area contributed by atoms with Crippen LogP contribution in [-0.2, 0) is 24.1 Å². The van der Waals surface area contributed by atoms with Crippen LogP contribution in [0.2, 0.25) is 0 Å². The smallest absolute Gasteiger partial charge is 0.129 e. The molecule has 3 heterocycles. The highest BCUT2D eigenvalue weighted by molar-refractivity contribution is 6.07. The lowest BCUT2D eigenvalue weighted by Crippen LogP contribution is -2.09. The number of pyridine rings is 2. The summed E-state index contributed by atoms with van der Waals surface area (Å²) in [4.78, 5) is 21.4. The van der Waals surface area contributed by atoms with E-state index in [1.54, 1.807) is 0 Å². The number of rotatable bonds is 6. The summed E-state index contributed by atoms with van der Waals surface area (Å²) in [6.07, 6.45) is 9.15. The Morgan fingerprint density at radius 2 is 2.06 bits per heavy atom. The van der Waals surface area contributed by atoms with Crippen molar-refractivity contribution in [2.75, 3.05) is 6.61 Å². The Labute approximate surface area is 187 Å². The molecule has 0 amide bonds. The second-order valence-corrected chi connectivity index (χ2v) is 9.17. The zero-order chi connectivity index (χ0) is 21.7. The molecule has 2 aliphatic rings. The number of aldehydes is 1. The summed E-state index contributed by atoms with van der Waals surface area (Å²) in [6.45, 7) is 2.78. The fourth-order valence-corrected chi connectivity index (χ4v) is 5.15. The Morgan fingerprint density at radius 3 is 2.91 bits per heavy atom. The first-order valence-electron chi connectivity index (χ1n) is 11.6. The van der Waals surface area contributed by atoms with Gasteiger partial charge in [0.05, 0.1) is 17.6 Å². The molecule has 0 atom stereocenters. The molecule has 1 aliphatic heterocycles. The molecule has 0 saturated heterocycles. The van der Waals surface area contributed by atoms with Crippen LogP contribution in [-0.4, -0.2) is 22.9 Å². The molecule has 4 aromatic rings. The third-order valence-electron chi connectivity index (χ3n) is 7.01. The molecule has 1 saturated carbocycles. The third-order valence-corrected chi connectivity index (χ3v) is 7.01. The lowest BCUT2D eigenvalue weighted by atomic mass is 9.88. The van der Waals surface area contributed by atoms with E-state index in [2.05, 4.69) is 43.3 Å². The molecule has 32 heavy (non-hydrogen) atoms. The van der Waals surface area contributed by atoms with E-state index in [9.17, 15) is 4.79 Å². The molecule has 4 heteroatoms. The molecule has 0 radical (unpaired) electrons. The van der Waals surface area contributed by atoms with Crippen molar-refractivity contribution in [3.05, 3.63) is 65.0 Å². The molecule has 1 aliphatic carbocycles. The van der Waals surface area contributed by atoms with Crippen molar-refractivity contribution in [1.29, 1.82) is 0 Å². The van der Waals surface area contributed by atoms with Crippen LogP contribution < -0.4 is 4.74 Å². The quantitative estimate of drug-likeness (QED) is 0.370. The van der Waals surface area contributed by atoms with Crippen molar-refractivity contribution in [3.8, 4) is 16.9 Å². The van der Waals surface area contributed by atoms with Gasteiger partial charge in [0.25, 0.3) is 0 Å². The van der Waals surface area contributed by atoms with Crippen LogP contribution in [0.15, 0.2) is 42.6 Å². The summed E-state index contributed by atoms with van der Waals surface area (Å²) in [6, 6.07) is 12.7. The number of fused-ring (bicyclic) bond motifs is 1. The fourth-order valence-electron chi connectivity index (χ4n) is 5.15. The Bertz CT molecular complexity index is 1360. The van der Waals surface area contributed by atoms with Gasteiger partial charge in [0.1, 0.15) is 12.0 Å². The Morgan fingerprint density at radius 1 is 1.16 bits per heavy atom. The second kappa shape index (κ2) is 7.70. The number of aryl methyl sites for hydroxylation is 2. The largest absolute Gasteiger partial charge is 0.493 e. The van der Waals surface area contributed by atoms with Crippen molar-refractivity contribution >= 4 is 28.1 Å². The van der Waals surface area contributed by atoms with Gasteiger partial charge in [-0.05, 0) is 78.3 Å². The molecule has 6 rings (SSSR count). The highest BCUT2D eigenvalue weighted by Crippen LogP contribution is 2.42. The fraction of sp³-hybridized carbons (Fsp3) is 0.321. The maximum Gasteiger partial charge on any atom is 0.129 e. The van der Waals surface area contributed by atoms with Crippen LogP contribution in [0.1, 0.15) is 41.6 Å². The maximum absolute atomic E-state index is 11.6. The predicted molar refractivity (Wildman–Crippen MR) is 127 cm³/mol. The second-order valence-electron chi connectivity index (χ2n) is 9.17. The molecule has 0 bridgehead atoms. The molecule has 2 aromatic heterocycles. The van der Waals surface area contributed by atoms with Gasteiger partial charge < -0.3 is 9.53 Å². The van der Waals surface area contributed by atoms with E-state index in [0.717, 1.165) is 80.5 Å². The first kappa shape index (κ1) is 19.4. The summed E-state index contributed by atoms with van der Waals surface area (Å²) >= 11 is 0. The number of carbonyl (C=O) groups is 1. The van der Waals surface area contributed by atoms with Crippen LogP contribution >= 0.6 is 0 Å². The molecule has 1 fully saturated rings. The predicted octanol–water partition coefficient (Wildman–Crippen LogP) is 5.78. The van der Waals surface area contributed by atoms with Crippen molar-refractivity contribution < 1.29 is 9.53 Å². The number of hydrogen-bond donors (Lipinski definition) is 0. The van der Waals surface area contributed by atoms with E-state index in [0.29, 0.717) is 13.0 Å². The summed E-state index contributed by atoms with van der Waals surface area (Å²) in [5.74, 6) is 1.79. The average molecular weight is 423 g/mol. The van der Waals surface area contributed by atoms with Crippen molar-refractivity contribution in [3.63, 3.8) is 0 Å². The lowest BCUT2D eigenvalue weighted by molar-refractivity contribution is -0.107. The minimum atomic E-state index is 0.375. The first-order valence-corrected chi connectivity index (χ1v) is 11.6. The van der Waals surface area contributed by atoms with E-state index in [1.165, 1.54) is 24.8 Å². The number of nitrogens with zero attached hydrogens (tertiary/aromatic N) is 2. The van der Waals surface area contributed by atoms with Crippen molar-refractivity contribution in [2.45, 2.75) is 45.4 Å². The number of hydrogen-bond acceptors (Lipinski definition) is 4. The highest BCUT2D eigenvalue weighted by atomic mass is 16.5. The third kappa shape index (κ3) is 3.26. The summed E-state index contributed by atoms with van der Waals surface area (Å²) in [5.41, 5.74) is 8.65. The van der Waals surface area contributed by atoms with Crippen LogP contribution in [0.4, 0.5) is 0 Å². The van der Waals surface area contributed by atoms with Gasteiger partial charge >= 0.3 is 0 Å². The van der Waals surface area contributed by atoms with Crippen LogP contribution in [0.25, 0.3) is 32.9 Å². The van der Waals surface area contributed by atoms with E-state index in [4.69, 9.17) is 14.7 Å². The number of carbonyl (C=O) groups excluding carboxylic acids is 1. The topological polar surface area (TPSA) is 52.1 Å². The SMILES string of the molecule is Cc1cc2nc(CCC3CC3)ccc2c(-c2ccc3c4c(ccnc24)CCO3)c1CC=O. The van der Waals surface area contributed by atoms with Gasteiger partial charge in [-0.2, -0.15) is 0 Å². The average Bonchev–Trinajstić information content (AvgIpc) is 3.64. The van der Waals surface area contributed by atoms with E-state index in [1.807, 2.05) is 6.20 Å². The Balaban J connectivity index is 1.60. The molecule has 0 spiro atoms. The molecular formula is C28H26N2O2. The summed E-state index contributed by atoms with van der Waals surface area (Å²) in [7, 11) is 0. The van der Waals surface area contributed by atoms with Crippen LogP contribution in [0, 0.1) is 12.8 Å². The number of ether oxygens (including phenoxy) is 1. The van der Waals surface area contributed by atoms with Gasteiger partial charge in [-0.3, -0.25) is 9.97 Å². The maximum atomic E-state index is 11.6. The lowest BCUT2D eigenvalue weighted by Gasteiger charge is -2.21. The molecule has 4 nitrogen and oxygen atoms in total.